The summed E-state index contributed by atoms with van der Waals surface area (Å²) in [6.45, 7) is 5.91. The first-order valence-electron chi connectivity index (χ1n) is 6.13. The lowest BCUT2D eigenvalue weighted by Crippen LogP contribution is -2.40. The van der Waals surface area contributed by atoms with Crippen molar-refractivity contribution in [2.24, 2.45) is 5.92 Å². The summed E-state index contributed by atoms with van der Waals surface area (Å²) in [5.41, 5.74) is 2.82. The lowest BCUT2D eigenvalue weighted by molar-refractivity contribution is 0.377. The predicted molar refractivity (Wildman–Crippen MR) is 74.3 cm³/mol. The zero-order valence-corrected chi connectivity index (χ0v) is 11.7. The van der Waals surface area contributed by atoms with E-state index in [1.165, 1.54) is 30.6 Å². The van der Waals surface area contributed by atoms with E-state index < -0.39 is 0 Å². The van der Waals surface area contributed by atoms with E-state index in [-0.39, 0.29) is 0 Å². The maximum Gasteiger partial charge on any atom is 0.0409 e. The largest absolute Gasteiger partial charge is 0.369 e. The van der Waals surface area contributed by atoms with Crippen LogP contribution in [-0.2, 0) is 5.33 Å². The molecule has 0 saturated carbocycles. The Morgan fingerprint density at radius 1 is 1.31 bits per heavy atom. The molecule has 0 aromatic heterocycles. The molecule has 16 heavy (non-hydrogen) atoms. The van der Waals surface area contributed by atoms with Crippen molar-refractivity contribution in [2.45, 2.75) is 38.1 Å². The van der Waals surface area contributed by atoms with Gasteiger partial charge in [0.25, 0.3) is 0 Å². The molecule has 1 aliphatic rings. The maximum absolute atomic E-state index is 3.58. The van der Waals surface area contributed by atoms with E-state index in [0.717, 1.165) is 11.2 Å². The number of hydrogen-bond acceptors (Lipinski definition) is 1. The van der Waals surface area contributed by atoms with Crippen molar-refractivity contribution in [3.8, 4) is 0 Å². The van der Waals surface area contributed by atoms with Crippen LogP contribution in [0.4, 0.5) is 5.69 Å². The van der Waals surface area contributed by atoms with Crippen LogP contribution in [0.1, 0.15) is 32.3 Å². The van der Waals surface area contributed by atoms with E-state index in [9.17, 15) is 0 Å². The number of nitrogens with zero attached hydrogens (tertiary/aromatic N) is 1. The molecular weight excluding hydrogens is 262 g/mol. The smallest absolute Gasteiger partial charge is 0.0409 e. The van der Waals surface area contributed by atoms with Gasteiger partial charge in [-0.3, -0.25) is 0 Å². The first-order chi connectivity index (χ1) is 7.72. The predicted octanol–water partition coefficient (Wildman–Crippen LogP) is 4.21. The molecule has 1 saturated heterocycles. The van der Waals surface area contributed by atoms with Crippen LogP contribution >= 0.6 is 15.9 Å². The number of para-hydroxylation sites is 1. The maximum atomic E-state index is 3.58. The normalized spacial score (nSPS) is 25.8. The monoisotopic (exact) mass is 281 g/mol. The first-order valence-corrected chi connectivity index (χ1v) is 7.25. The highest BCUT2D eigenvalue weighted by atomic mass is 79.9. The second kappa shape index (κ2) is 5.22. The topological polar surface area (TPSA) is 3.24 Å². The van der Waals surface area contributed by atoms with E-state index in [4.69, 9.17) is 0 Å². The quantitative estimate of drug-likeness (QED) is 0.735. The van der Waals surface area contributed by atoms with Crippen LogP contribution in [0.2, 0.25) is 0 Å². The fourth-order valence-electron chi connectivity index (χ4n) is 2.67. The molecule has 2 rings (SSSR count). The fourth-order valence-corrected chi connectivity index (χ4v) is 3.14. The van der Waals surface area contributed by atoms with Gasteiger partial charge in [-0.05, 0) is 37.3 Å². The van der Waals surface area contributed by atoms with E-state index in [2.05, 4.69) is 58.9 Å². The van der Waals surface area contributed by atoms with Crippen LogP contribution in [0.5, 0.6) is 0 Å². The molecule has 88 valence electrons. The van der Waals surface area contributed by atoms with Gasteiger partial charge in [0.1, 0.15) is 0 Å². The molecule has 2 unspecified atom stereocenters. The van der Waals surface area contributed by atoms with Gasteiger partial charge in [-0.15, -0.1) is 0 Å². The molecule has 0 bridgehead atoms. The minimum Gasteiger partial charge on any atom is -0.369 e. The third kappa shape index (κ3) is 2.42. The highest BCUT2D eigenvalue weighted by Gasteiger charge is 2.23. The van der Waals surface area contributed by atoms with E-state index >= 15 is 0 Å². The van der Waals surface area contributed by atoms with Crippen LogP contribution in [0.3, 0.4) is 0 Å². The molecule has 0 radical (unpaired) electrons. The lowest BCUT2D eigenvalue weighted by atomic mass is 9.92. The Kier molecular flexibility index (Phi) is 3.91. The fraction of sp³-hybridized carbons (Fsp3) is 0.571. The summed E-state index contributed by atoms with van der Waals surface area (Å²) in [4.78, 5) is 2.57. The Balaban J connectivity index is 2.23. The SMILES string of the molecule is CC1CCN(c2ccccc2CBr)C(C)C1. The van der Waals surface area contributed by atoms with Gasteiger partial charge in [0.05, 0.1) is 0 Å². The van der Waals surface area contributed by atoms with Gasteiger partial charge in [-0.1, -0.05) is 41.1 Å². The zero-order chi connectivity index (χ0) is 11.5. The molecule has 2 atom stereocenters. The average Bonchev–Trinajstić information content (AvgIpc) is 2.29. The Bertz CT molecular complexity index is 350. The Morgan fingerprint density at radius 3 is 2.75 bits per heavy atom. The van der Waals surface area contributed by atoms with Crippen LogP contribution < -0.4 is 4.90 Å². The number of alkyl halides is 1. The summed E-state index contributed by atoms with van der Waals surface area (Å²) >= 11 is 3.58. The Morgan fingerprint density at radius 2 is 2.06 bits per heavy atom. The third-order valence-electron chi connectivity index (χ3n) is 3.58. The van der Waals surface area contributed by atoms with Crippen molar-refractivity contribution in [3.05, 3.63) is 29.8 Å². The Hall–Kier alpha value is -0.500. The summed E-state index contributed by atoms with van der Waals surface area (Å²) < 4.78 is 0. The van der Waals surface area contributed by atoms with E-state index in [1.807, 2.05) is 0 Å². The lowest BCUT2D eigenvalue weighted by Gasteiger charge is -2.39. The number of piperidine rings is 1. The van der Waals surface area contributed by atoms with Crippen molar-refractivity contribution in [2.75, 3.05) is 11.4 Å². The average molecular weight is 282 g/mol. The number of anilines is 1. The molecule has 1 aromatic carbocycles. The minimum absolute atomic E-state index is 0.670. The van der Waals surface area contributed by atoms with Crippen molar-refractivity contribution in [3.63, 3.8) is 0 Å². The first kappa shape index (κ1) is 12.0. The second-order valence-electron chi connectivity index (χ2n) is 4.93. The standard InChI is InChI=1S/C14H20BrN/c1-11-7-8-16(12(2)9-11)14-6-4-3-5-13(14)10-15/h3-6,11-12H,7-10H2,1-2H3. The summed E-state index contributed by atoms with van der Waals surface area (Å²) in [5.74, 6) is 0.877. The van der Waals surface area contributed by atoms with Gasteiger partial charge in [0.15, 0.2) is 0 Å². The van der Waals surface area contributed by atoms with Crippen molar-refractivity contribution in [1.82, 2.24) is 0 Å². The van der Waals surface area contributed by atoms with Crippen molar-refractivity contribution in [1.29, 1.82) is 0 Å². The molecule has 0 aliphatic carbocycles. The van der Waals surface area contributed by atoms with Gasteiger partial charge >= 0.3 is 0 Å². The van der Waals surface area contributed by atoms with Crippen molar-refractivity contribution < 1.29 is 0 Å². The van der Waals surface area contributed by atoms with Crippen LogP contribution in [-0.4, -0.2) is 12.6 Å². The van der Waals surface area contributed by atoms with Gasteiger partial charge in [-0.2, -0.15) is 0 Å². The molecule has 1 nitrogen and oxygen atoms in total. The Labute approximate surface area is 107 Å². The summed E-state index contributed by atoms with van der Waals surface area (Å²) in [6.07, 6.45) is 2.64. The summed E-state index contributed by atoms with van der Waals surface area (Å²) in [7, 11) is 0. The van der Waals surface area contributed by atoms with E-state index in [1.54, 1.807) is 0 Å². The molecule has 0 amide bonds. The third-order valence-corrected chi connectivity index (χ3v) is 4.19. The van der Waals surface area contributed by atoms with Crippen LogP contribution in [0.25, 0.3) is 0 Å². The molecule has 2 heteroatoms. The van der Waals surface area contributed by atoms with Crippen molar-refractivity contribution >= 4 is 21.6 Å². The van der Waals surface area contributed by atoms with Gasteiger partial charge in [0.2, 0.25) is 0 Å². The van der Waals surface area contributed by atoms with E-state index in [0.29, 0.717) is 6.04 Å². The number of halogens is 1. The highest BCUT2D eigenvalue weighted by Crippen LogP contribution is 2.30. The molecule has 1 heterocycles. The molecule has 1 aliphatic heterocycles. The number of hydrogen-bond donors (Lipinski definition) is 0. The summed E-state index contributed by atoms with van der Waals surface area (Å²) in [6, 6.07) is 9.41. The van der Waals surface area contributed by atoms with Crippen LogP contribution in [0, 0.1) is 5.92 Å². The van der Waals surface area contributed by atoms with Crippen LogP contribution in [0.15, 0.2) is 24.3 Å². The molecular formula is C14H20BrN. The minimum atomic E-state index is 0.670. The van der Waals surface area contributed by atoms with Gasteiger partial charge < -0.3 is 4.90 Å². The molecule has 0 N–H and O–H groups in total. The molecule has 0 spiro atoms. The summed E-state index contributed by atoms with van der Waals surface area (Å²) in [5, 5.41) is 0.946. The zero-order valence-electron chi connectivity index (χ0n) is 10.1. The van der Waals surface area contributed by atoms with Gasteiger partial charge in [-0.25, -0.2) is 0 Å². The molecule has 1 aromatic rings. The second-order valence-corrected chi connectivity index (χ2v) is 5.50. The number of rotatable bonds is 2. The number of benzene rings is 1. The highest BCUT2D eigenvalue weighted by molar-refractivity contribution is 9.08. The van der Waals surface area contributed by atoms with Gasteiger partial charge in [0, 0.05) is 23.6 Å². The molecule has 1 fully saturated rings.